The third-order valence-corrected chi connectivity index (χ3v) is 4.85. The van der Waals surface area contributed by atoms with Crippen molar-refractivity contribution in [2.24, 2.45) is 5.73 Å². The van der Waals surface area contributed by atoms with Crippen LogP contribution in [0, 0.1) is 0 Å². The first-order valence-electron chi connectivity index (χ1n) is 9.02. The summed E-state index contributed by atoms with van der Waals surface area (Å²) in [7, 11) is 0. The summed E-state index contributed by atoms with van der Waals surface area (Å²) in [5.74, 6) is -0.579. The van der Waals surface area contributed by atoms with Gasteiger partial charge in [-0.3, -0.25) is 9.69 Å². The molecule has 2 amide bonds. The van der Waals surface area contributed by atoms with Crippen molar-refractivity contribution in [1.82, 2.24) is 14.5 Å². The average Bonchev–Trinajstić information content (AvgIpc) is 2.85. The second-order valence-corrected chi connectivity index (χ2v) is 7.96. The van der Waals surface area contributed by atoms with Gasteiger partial charge < -0.3 is 21.1 Å². The number of rotatable bonds is 4. The minimum absolute atomic E-state index is 0.0580. The highest BCUT2D eigenvalue weighted by Crippen LogP contribution is 2.31. The van der Waals surface area contributed by atoms with Gasteiger partial charge in [0.15, 0.2) is 0 Å². The quantitative estimate of drug-likeness (QED) is 0.638. The first kappa shape index (κ1) is 19.5. The molecule has 0 saturated carbocycles. The zero-order valence-corrected chi connectivity index (χ0v) is 16.4. The van der Waals surface area contributed by atoms with Crippen LogP contribution in [-0.4, -0.2) is 43.1 Å². The summed E-state index contributed by atoms with van der Waals surface area (Å²) in [4.78, 5) is 29.4. The fourth-order valence-corrected chi connectivity index (χ4v) is 3.84. The molecule has 0 aliphatic rings. The lowest BCUT2D eigenvalue weighted by Gasteiger charge is -2.38. The Bertz CT molecular complexity index is 1080. The highest BCUT2D eigenvalue weighted by molar-refractivity contribution is 6.10. The molecule has 8 heteroatoms. The van der Waals surface area contributed by atoms with E-state index in [-0.39, 0.29) is 17.4 Å². The minimum Gasteiger partial charge on any atom is -0.465 e. The Labute approximate surface area is 162 Å². The zero-order chi connectivity index (χ0) is 20.8. The zero-order valence-electron chi connectivity index (χ0n) is 16.4. The molecule has 2 aromatic heterocycles. The standard InChI is InChI=1S/C20H25N5O3/c1-11(25(19(27)28)20(2,3)4)10-24-15-8-6-5-7-12(15)13-9-14(17(22)26)16(21)23-18(13)24/h5-9,11H,10H2,1-4H3,(H2,21,23)(H2,22,26)(H,27,28). The molecule has 8 nitrogen and oxygen atoms in total. The van der Waals surface area contributed by atoms with Crippen LogP contribution in [0.4, 0.5) is 10.6 Å². The number of amides is 2. The number of anilines is 1. The third kappa shape index (κ3) is 3.21. The van der Waals surface area contributed by atoms with E-state index in [0.717, 1.165) is 16.3 Å². The van der Waals surface area contributed by atoms with Crippen molar-refractivity contribution in [2.75, 3.05) is 5.73 Å². The van der Waals surface area contributed by atoms with Crippen LogP contribution >= 0.6 is 0 Å². The predicted molar refractivity (Wildman–Crippen MR) is 109 cm³/mol. The molecule has 1 atom stereocenters. The van der Waals surface area contributed by atoms with E-state index in [0.29, 0.717) is 12.2 Å². The van der Waals surface area contributed by atoms with Crippen molar-refractivity contribution in [2.45, 2.75) is 45.8 Å². The number of nitrogen functional groups attached to an aromatic ring is 1. The van der Waals surface area contributed by atoms with Crippen LogP contribution in [-0.2, 0) is 6.54 Å². The van der Waals surface area contributed by atoms with E-state index in [4.69, 9.17) is 11.5 Å². The van der Waals surface area contributed by atoms with Crippen LogP contribution in [0.5, 0.6) is 0 Å². The number of aromatic nitrogens is 2. The number of hydrogen-bond acceptors (Lipinski definition) is 4. The second kappa shape index (κ2) is 6.70. The molecule has 3 aromatic rings. The Balaban J connectivity index is 2.21. The lowest BCUT2D eigenvalue weighted by Crippen LogP contribution is -2.51. The molecule has 0 radical (unpaired) electrons. The average molecular weight is 383 g/mol. The largest absolute Gasteiger partial charge is 0.465 e. The number of nitrogens with two attached hydrogens (primary N) is 2. The van der Waals surface area contributed by atoms with Gasteiger partial charge in [0, 0.05) is 22.9 Å². The van der Waals surface area contributed by atoms with Crippen LogP contribution < -0.4 is 11.5 Å². The van der Waals surface area contributed by atoms with E-state index in [9.17, 15) is 14.7 Å². The molecule has 0 aliphatic heterocycles. The van der Waals surface area contributed by atoms with Gasteiger partial charge in [-0.1, -0.05) is 18.2 Å². The maximum Gasteiger partial charge on any atom is 0.408 e. The fourth-order valence-electron chi connectivity index (χ4n) is 3.84. The molecule has 0 aliphatic carbocycles. The van der Waals surface area contributed by atoms with E-state index in [2.05, 4.69) is 4.98 Å². The van der Waals surface area contributed by atoms with Crippen molar-refractivity contribution in [3.8, 4) is 0 Å². The Morgan fingerprint density at radius 2 is 1.89 bits per heavy atom. The van der Waals surface area contributed by atoms with Crippen LogP contribution in [0.25, 0.3) is 21.9 Å². The number of primary amides is 1. The Morgan fingerprint density at radius 1 is 1.25 bits per heavy atom. The van der Waals surface area contributed by atoms with Crippen LogP contribution in [0.2, 0.25) is 0 Å². The number of carboxylic acid groups (broad SMARTS) is 1. The van der Waals surface area contributed by atoms with E-state index >= 15 is 0 Å². The van der Waals surface area contributed by atoms with Crippen LogP contribution in [0.3, 0.4) is 0 Å². The maximum atomic E-state index is 11.8. The van der Waals surface area contributed by atoms with Crippen molar-refractivity contribution in [3.05, 3.63) is 35.9 Å². The number of pyridine rings is 1. The van der Waals surface area contributed by atoms with Gasteiger partial charge in [0.1, 0.15) is 11.5 Å². The Morgan fingerprint density at radius 3 is 2.46 bits per heavy atom. The summed E-state index contributed by atoms with van der Waals surface area (Å²) in [6.07, 6.45) is -0.982. The number of carbonyl (C=O) groups is 2. The molecule has 1 aromatic carbocycles. The van der Waals surface area contributed by atoms with E-state index < -0.39 is 17.5 Å². The molecule has 2 heterocycles. The third-order valence-electron chi connectivity index (χ3n) is 4.85. The van der Waals surface area contributed by atoms with E-state index in [1.165, 1.54) is 4.90 Å². The first-order valence-corrected chi connectivity index (χ1v) is 9.02. The monoisotopic (exact) mass is 383 g/mol. The molecular formula is C20H25N5O3. The number of nitrogens with zero attached hydrogens (tertiary/aromatic N) is 3. The number of benzene rings is 1. The predicted octanol–water partition coefficient (Wildman–Crippen LogP) is 3.04. The number of fused-ring (bicyclic) bond motifs is 3. The topological polar surface area (TPSA) is 127 Å². The normalized spacial score (nSPS) is 13.0. The van der Waals surface area contributed by atoms with E-state index in [1.807, 2.05) is 56.5 Å². The highest BCUT2D eigenvalue weighted by Gasteiger charge is 2.31. The Hall–Kier alpha value is -3.29. The molecule has 28 heavy (non-hydrogen) atoms. The molecule has 3 rings (SSSR count). The summed E-state index contributed by atoms with van der Waals surface area (Å²) >= 11 is 0. The van der Waals surface area contributed by atoms with Gasteiger partial charge in [-0.05, 0) is 39.8 Å². The van der Waals surface area contributed by atoms with Crippen molar-refractivity contribution in [1.29, 1.82) is 0 Å². The molecule has 0 spiro atoms. The lowest BCUT2D eigenvalue weighted by molar-refractivity contribution is 0.0707. The summed E-state index contributed by atoms with van der Waals surface area (Å²) in [5.41, 5.74) is 12.5. The summed E-state index contributed by atoms with van der Waals surface area (Å²) in [6.45, 7) is 7.83. The summed E-state index contributed by atoms with van der Waals surface area (Å²) < 4.78 is 1.94. The molecular weight excluding hydrogens is 358 g/mol. The fraction of sp³-hybridized carbons (Fsp3) is 0.350. The van der Waals surface area contributed by atoms with Gasteiger partial charge in [-0.2, -0.15) is 0 Å². The van der Waals surface area contributed by atoms with Gasteiger partial charge in [0.2, 0.25) is 0 Å². The highest BCUT2D eigenvalue weighted by atomic mass is 16.4. The first-order chi connectivity index (χ1) is 13.0. The van der Waals surface area contributed by atoms with Gasteiger partial charge in [0.05, 0.1) is 17.1 Å². The summed E-state index contributed by atoms with van der Waals surface area (Å²) in [6, 6.07) is 9.00. The molecule has 148 valence electrons. The lowest BCUT2D eigenvalue weighted by atomic mass is 10.0. The van der Waals surface area contributed by atoms with Gasteiger partial charge in [0.25, 0.3) is 5.91 Å². The van der Waals surface area contributed by atoms with Gasteiger partial charge in [-0.15, -0.1) is 0 Å². The number of carbonyl (C=O) groups excluding carboxylic acids is 1. The molecule has 0 bridgehead atoms. The maximum absolute atomic E-state index is 11.8. The molecule has 0 fully saturated rings. The van der Waals surface area contributed by atoms with Crippen LogP contribution in [0.15, 0.2) is 30.3 Å². The smallest absolute Gasteiger partial charge is 0.408 e. The van der Waals surface area contributed by atoms with Crippen molar-refractivity contribution >= 4 is 39.8 Å². The number of para-hydroxylation sites is 1. The SMILES string of the molecule is CC(Cn1c2ccccc2c2cc(C(N)=O)c(N)nc21)N(C(=O)O)C(C)(C)C. The minimum atomic E-state index is -0.982. The van der Waals surface area contributed by atoms with Crippen LogP contribution in [0.1, 0.15) is 38.1 Å². The van der Waals surface area contributed by atoms with Gasteiger partial charge in [-0.25, -0.2) is 9.78 Å². The van der Waals surface area contributed by atoms with Crippen molar-refractivity contribution < 1.29 is 14.7 Å². The van der Waals surface area contributed by atoms with E-state index in [1.54, 1.807) is 6.07 Å². The summed E-state index contributed by atoms with van der Waals surface area (Å²) in [5, 5.41) is 11.4. The number of hydrogen-bond donors (Lipinski definition) is 3. The second-order valence-electron chi connectivity index (χ2n) is 7.96. The molecule has 1 unspecified atom stereocenters. The van der Waals surface area contributed by atoms with Gasteiger partial charge >= 0.3 is 6.09 Å². The van der Waals surface area contributed by atoms with Crippen molar-refractivity contribution in [3.63, 3.8) is 0 Å². The molecule has 0 saturated heterocycles. The molecule has 5 N–H and O–H groups in total. The Kier molecular flexibility index (Phi) is 4.66.